The molecule has 0 saturated heterocycles. The van der Waals surface area contributed by atoms with Crippen LogP contribution in [0, 0.1) is 0 Å². The first-order chi connectivity index (χ1) is 13.7. The molecule has 2 aromatic carbocycles. The average Bonchev–Trinajstić information content (AvgIpc) is 2.66. The van der Waals surface area contributed by atoms with Gasteiger partial charge >= 0.3 is 6.09 Å². The van der Waals surface area contributed by atoms with Crippen molar-refractivity contribution in [2.75, 3.05) is 11.9 Å². The van der Waals surface area contributed by atoms with Gasteiger partial charge in [-0.2, -0.15) is 0 Å². The molecular weight excluding hydrogens is 372 g/mol. The van der Waals surface area contributed by atoms with Crippen LogP contribution in [0.3, 0.4) is 0 Å². The summed E-state index contributed by atoms with van der Waals surface area (Å²) in [6, 6.07) is 11.5. The molecule has 7 nitrogen and oxygen atoms in total. The lowest BCUT2D eigenvalue weighted by atomic mass is 10.1. The quantitative estimate of drug-likeness (QED) is 0.596. The van der Waals surface area contributed by atoms with Gasteiger partial charge in [-0.1, -0.05) is 19.1 Å². The highest BCUT2D eigenvalue weighted by Gasteiger charge is 2.16. The van der Waals surface area contributed by atoms with Crippen LogP contribution < -0.4 is 15.4 Å². The van der Waals surface area contributed by atoms with Crippen LogP contribution in [0.4, 0.5) is 10.5 Å². The Morgan fingerprint density at radius 1 is 1.07 bits per heavy atom. The predicted octanol–water partition coefficient (Wildman–Crippen LogP) is 4.46. The molecule has 0 unspecified atom stereocenters. The van der Waals surface area contributed by atoms with Crippen LogP contribution in [0.15, 0.2) is 42.5 Å². The molecule has 29 heavy (non-hydrogen) atoms. The van der Waals surface area contributed by atoms with E-state index in [-0.39, 0.29) is 23.9 Å². The highest BCUT2D eigenvalue weighted by Crippen LogP contribution is 2.28. The number of nitrogens with one attached hydrogen (secondary N) is 2. The van der Waals surface area contributed by atoms with E-state index in [0.29, 0.717) is 17.9 Å². The van der Waals surface area contributed by atoms with Gasteiger partial charge in [-0.3, -0.25) is 4.79 Å². The zero-order valence-corrected chi connectivity index (χ0v) is 17.2. The molecular formula is C22H28N2O5. The molecule has 156 valence electrons. The summed E-state index contributed by atoms with van der Waals surface area (Å²) in [7, 11) is 0. The van der Waals surface area contributed by atoms with E-state index in [2.05, 4.69) is 10.6 Å². The smallest absolute Gasteiger partial charge is 0.407 e. The molecule has 0 radical (unpaired) electrons. The fraction of sp³-hybridized carbons (Fsp3) is 0.364. The summed E-state index contributed by atoms with van der Waals surface area (Å²) < 4.78 is 10.7. The second-order valence-electron chi connectivity index (χ2n) is 7.53. The number of amides is 2. The van der Waals surface area contributed by atoms with E-state index in [1.54, 1.807) is 57.2 Å². The molecule has 0 spiro atoms. The van der Waals surface area contributed by atoms with E-state index in [0.717, 1.165) is 12.0 Å². The summed E-state index contributed by atoms with van der Waals surface area (Å²) in [4.78, 5) is 24.2. The lowest BCUT2D eigenvalue weighted by Crippen LogP contribution is -2.32. The number of phenolic OH excluding ortho intramolecular Hbond substituents is 1. The molecule has 0 aliphatic heterocycles. The van der Waals surface area contributed by atoms with Crippen molar-refractivity contribution in [2.24, 2.45) is 0 Å². The number of benzene rings is 2. The monoisotopic (exact) mass is 400 g/mol. The van der Waals surface area contributed by atoms with Crippen LogP contribution in [-0.2, 0) is 11.3 Å². The van der Waals surface area contributed by atoms with Gasteiger partial charge in [0.15, 0.2) is 0 Å². The zero-order chi connectivity index (χ0) is 21.4. The molecule has 0 bridgehead atoms. The predicted molar refractivity (Wildman–Crippen MR) is 111 cm³/mol. The summed E-state index contributed by atoms with van der Waals surface area (Å²) in [6.07, 6.45) is 0.359. The topological polar surface area (TPSA) is 96.9 Å². The van der Waals surface area contributed by atoms with Gasteiger partial charge in [0.1, 0.15) is 17.1 Å². The molecule has 0 aliphatic rings. The molecule has 3 N–H and O–H groups in total. The SMILES string of the molecule is CCCOc1ccc(O)c(NC(=O)c2ccc(CNC(=O)OC(C)(C)C)cc2)c1. The van der Waals surface area contributed by atoms with E-state index in [4.69, 9.17) is 9.47 Å². The Balaban J connectivity index is 1.96. The Kier molecular flexibility index (Phi) is 7.47. The van der Waals surface area contributed by atoms with E-state index in [9.17, 15) is 14.7 Å². The fourth-order valence-electron chi connectivity index (χ4n) is 2.38. The maximum absolute atomic E-state index is 12.5. The standard InChI is InChI=1S/C22H28N2O5/c1-5-12-28-17-10-11-19(25)18(13-17)24-20(26)16-8-6-15(7-9-16)14-23-21(27)29-22(2,3)4/h6-11,13,25H,5,12,14H2,1-4H3,(H,23,27)(H,24,26). The average molecular weight is 400 g/mol. The molecule has 0 atom stereocenters. The Morgan fingerprint density at radius 2 is 1.76 bits per heavy atom. The minimum atomic E-state index is -0.559. The number of rotatable bonds is 7. The van der Waals surface area contributed by atoms with Crippen molar-refractivity contribution >= 4 is 17.7 Å². The Hall–Kier alpha value is -3.22. The highest BCUT2D eigenvalue weighted by atomic mass is 16.6. The minimum Gasteiger partial charge on any atom is -0.506 e. The third kappa shape index (κ3) is 7.37. The molecule has 0 saturated carbocycles. The van der Waals surface area contributed by atoms with Crippen molar-refractivity contribution in [1.29, 1.82) is 0 Å². The maximum atomic E-state index is 12.5. The summed E-state index contributed by atoms with van der Waals surface area (Å²) in [5, 5.41) is 15.3. The Labute approximate surface area is 171 Å². The van der Waals surface area contributed by atoms with Crippen molar-refractivity contribution in [3.8, 4) is 11.5 Å². The maximum Gasteiger partial charge on any atom is 0.407 e. The van der Waals surface area contributed by atoms with Gasteiger partial charge < -0.3 is 25.2 Å². The number of ether oxygens (including phenoxy) is 2. The first-order valence-electron chi connectivity index (χ1n) is 9.51. The second kappa shape index (κ2) is 9.82. The van der Waals surface area contributed by atoms with Crippen molar-refractivity contribution in [3.63, 3.8) is 0 Å². The van der Waals surface area contributed by atoms with Gasteiger partial charge in [-0.25, -0.2) is 4.79 Å². The normalized spacial score (nSPS) is 10.9. The van der Waals surface area contributed by atoms with Crippen molar-refractivity contribution in [2.45, 2.75) is 46.3 Å². The summed E-state index contributed by atoms with van der Waals surface area (Å²) in [6.45, 7) is 8.22. The third-order valence-electron chi connectivity index (χ3n) is 3.74. The van der Waals surface area contributed by atoms with Gasteiger partial charge in [0, 0.05) is 18.2 Å². The number of carbonyl (C=O) groups is 2. The summed E-state index contributed by atoms with van der Waals surface area (Å²) >= 11 is 0. The van der Waals surface area contributed by atoms with E-state index in [1.807, 2.05) is 6.92 Å². The molecule has 0 fully saturated rings. The van der Waals surface area contributed by atoms with Crippen molar-refractivity contribution in [3.05, 3.63) is 53.6 Å². The number of carbonyl (C=O) groups excluding carboxylic acids is 2. The van der Waals surface area contributed by atoms with Gasteiger partial charge in [0.05, 0.1) is 12.3 Å². The Morgan fingerprint density at radius 3 is 2.38 bits per heavy atom. The first kappa shape index (κ1) is 22.1. The van der Waals surface area contributed by atoms with Crippen LogP contribution in [-0.4, -0.2) is 29.3 Å². The molecule has 0 heterocycles. The van der Waals surface area contributed by atoms with E-state index in [1.165, 1.54) is 6.07 Å². The lowest BCUT2D eigenvalue weighted by Gasteiger charge is -2.19. The lowest BCUT2D eigenvalue weighted by molar-refractivity contribution is 0.0523. The summed E-state index contributed by atoms with van der Waals surface area (Å²) in [5.74, 6) is 0.170. The third-order valence-corrected chi connectivity index (χ3v) is 3.74. The number of aromatic hydroxyl groups is 1. The minimum absolute atomic E-state index is 0.0413. The molecule has 7 heteroatoms. The van der Waals surface area contributed by atoms with Crippen LogP contribution in [0.2, 0.25) is 0 Å². The van der Waals surface area contributed by atoms with Crippen LogP contribution in [0.25, 0.3) is 0 Å². The number of alkyl carbamates (subject to hydrolysis) is 1. The molecule has 0 aliphatic carbocycles. The number of hydrogen-bond donors (Lipinski definition) is 3. The van der Waals surface area contributed by atoms with Crippen LogP contribution in [0.1, 0.15) is 50.0 Å². The highest BCUT2D eigenvalue weighted by molar-refractivity contribution is 6.05. The summed E-state index contributed by atoms with van der Waals surface area (Å²) in [5.41, 5.74) is 0.964. The van der Waals surface area contributed by atoms with Crippen LogP contribution >= 0.6 is 0 Å². The van der Waals surface area contributed by atoms with Crippen molar-refractivity contribution < 1.29 is 24.2 Å². The van der Waals surface area contributed by atoms with Gasteiger partial charge in [-0.05, 0) is 57.0 Å². The first-order valence-corrected chi connectivity index (χ1v) is 9.51. The van der Waals surface area contributed by atoms with E-state index >= 15 is 0 Å². The fourth-order valence-corrected chi connectivity index (χ4v) is 2.38. The molecule has 2 aromatic rings. The largest absolute Gasteiger partial charge is 0.506 e. The van der Waals surface area contributed by atoms with Gasteiger partial charge in [0.2, 0.25) is 0 Å². The van der Waals surface area contributed by atoms with Gasteiger partial charge in [-0.15, -0.1) is 0 Å². The van der Waals surface area contributed by atoms with Crippen LogP contribution in [0.5, 0.6) is 11.5 Å². The molecule has 2 rings (SSSR count). The van der Waals surface area contributed by atoms with Gasteiger partial charge in [0.25, 0.3) is 5.91 Å². The molecule has 0 aromatic heterocycles. The Bertz CT molecular complexity index is 841. The zero-order valence-electron chi connectivity index (χ0n) is 17.2. The molecule has 2 amide bonds. The van der Waals surface area contributed by atoms with Crippen molar-refractivity contribution in [1.82, 2.24) is 5.32 Å². The number of hydrogen-bond acceptors (Lipinski definition) is 5. The second-order valence-corrected chi connectivity index (χ2v) is 7.53. The number of anilines is 1. The number of phenols is 1. The van der Waals surface area contributed by atoms with E-state index < -0.39 is 11.7 Å².